The number of nitrogens with two attached hydrogens (primary N) is 1. The largest absolute Gasteiger partial charge is 0.480 e. The summed E-state index contributed by atoms with van der Waals surface area (Å²) in [4.78, 5) is 17.5. The summed E-state index contributed by atoms with van der Waals surface area (Å²) in [6, 6.07) is 1.09. The smallest absolute Gasteiger partial charge is 0.326 e. The number of carboxylic acid groups (broad SMARTS) is 1. The maximum atomic E-state index is 10.7. The average molecular weight is 297 g/mol. The van der Waals surface area contributed by atoms with Crippen molar-refractivity contribution in [2.45, 2.75) is 26.4 Å². The number of nitrogens with one attached hydrogen (secondary N) is 1. The van der Waals surface area contributed by atoms with Crippen LogP contribution in [0.4, 0.5) is 5.13 Å². The molecule has 0 radical (unpaired) electrons. The fourth-order valence-electron chi connectivity index (χ4n) is 1.54. The zero-order valence-corrected chi connectivity index (χ0v) is 12.3. The maximum Gasteiger partial charge on any atom is 0.326 e. The van der Waals surface area contributed by atoms with E-state index in [-0.39, 0.29) is 0 Å². The van der Waals surface area contributed by atoms with E-state index in [1.165, 1.54) is 26.7 Å². The highest BCUT2D eigenvalue weighted by Crippen LogP contribution is 2.24. The van der Waals surface area contributed by atoms with Crippen molar-refractivity contribution in [3.8, 4) is 0 Å². The molecule has 0 aromatic carbocycles. The van der Waals surface area contributed by atoms with Gasteiger partial charge in [0.2, 0.25) is 0 Å². The Balaban J connectivity index is 1.99. The quantitative estimate of drug-likeness (QED) is 0.789. The Morgan fingerprint density at radius 3 is 2.89 bits per heavy atom. The molecule has 2 rings (SSSR count). The standard InChI is InChI=1S/C12H15N3O2S2/c1-6-3-8(19-7(6)2)4-14-12-15-9(5-18-12)10(13)11(16)17/h3,5,10H,4,13H2,1-2H3,(H,14,15)(H,16,17). The van der Waals surface area contributed by atoms with Crippen LogP contribution in [0, 0.1) is 13.8 Å². The number of hydrogen-bond donors (Lipinski definition) is 3. The molecule has 2 aromatic rings. The first kappa shape index (κ1) is 14.0. The topological polar surface area (TPSA) is 88.2 Å². The highest BCUT2D eigenvalue weighted by atomic mass is 32.1. The van der Waals surface area contributed by atoms with Gasteiger partial charge in [0.1, 0.15) is 6.04 Å². The Labute approximate surface area is 119 Å². The number of thiophene rings is 1. The van der Waals surface area contributed by atoms with Crippen molar-refractivity contribution in [3.05, 3.63) is 32.5 Å². The molecule has 0 aliphatic heterocycles. The number of carboxylic acids is 1. The number of hydrogen-bond acceptors (Lipinski definition) is 6. The van der Waals surface area contributed by atoms with Crippen molar-refractivity contribution in [2.75, 3.05) is 5.32 Å². The first-order valence-corrected chi connectivity index (χ1v) is 7.40. The molecular weight excluding hydrogens is 282 g/mol. The zero-order valence-electron chi connectivity index (χ0n) is 10.6. The van der Waals surface area contributed by atoms with Crippen LogP contribution < -0.4 is 11.1 Å². The molecule has 4 N–H and O–H groups in total. The lowest BCUT2D eigenvalue weighted by Crippen LogP contribution is -2.20. The Kier molecular flexibility index (Phi) is 4.18. The number of aliphatic carboxylic acids is 1. The monoisotopic (exact) mass is 297 g/mol. The third kappa shape index (κ3) is 3.31. The van der Waals surface area contributed by atoms with Crippen LogP contribution in [0.3, 0.4) is 0 Å². The van der Waals surface area contributed by atoms with E-state index in [2.05, 4.69) is 30.2 Å². The number of anilines is 1. The molecule has 0 bridgehead atoms. The summed E-state index contributed by atoms with van der Waals surface area (Å²) in [6.07, 6.45) is 0. The molecule has 0 amide bonds. The van der Waals surface area contributed by atoms with Gasteiger partial charge in [0, 0.05) is 15.1 Å². The second-order valence-corrected chi connectivity index (χ2v) is 6.40. The maximum absolute atomic E-state index is 10.7. The van der Waals surface area contributed by atoms with Gasteiger partial charge < -0.3 is 16.2 Å². The van der Waals surface area contributed by atoms with Crippen LogP contribution in [0.25, 0.3) is 0 Å². The van der Waals surface area contributed by atoms with Gasteiger partial charge in [-0.2, -0.15) is 0 Å². The van der Waals surface area contributed by atoms with Crippen molar-refractivity contribution in [3.63, 3.8) is 0 Å². The second kappa shape index (κ2) is 5.68. The van der Waals surface area contributed by atoms with E-state index in [1.54, 1.807) is 16.7 Å². The molecule has 0 aliphatic rings. The minimum Gasteiger partial charge on any atom is -0.480 e. The fourth-order valence-corrected chi connectivity index (χ4v) is 3.27. The second-order valence-electron chi connectivity index (χ2n) is 4.20. The molecule has 0 aliphatic carbocycles. The number of nitrogens with zero attached hydrogens (tertiary/aromatic N) is 1. The van der Waals surface area contributed by atoms with Gasteiger partial charge in [-0.3, -0.25) is 4.79 Å². The van der Waals surface area contributed by atoms with Crippen molar-refractivity contribution >= 4 is 33.8 Å². The third-order valence-electron chi connectivity index (χ3n) is 2.74. The summed E-state index contributed by atoms with van der Waals surface area (Å²) < 4.78 is 0. The number of aromatic nitrogens is 1. The molecular formula is C12H15N3O2S2. The van der Waals surface area contributed by atoms with Gasteiger partial charge in [-0.1, -0.05) is 0 Å². The summed E-state index contributed by atoms with van der Waals surface area (Å²) in [5.41, 5.74) is 7.17. The van der Waals surface area contributed by atoms with Gasteiger partial charge in [0.15, 0.2) is 5.13 Å². The highest BCUT2D eigenvalue weighted by Gasteiger charge is 2.17. The van der Waals surface area contributed by atoms with Crippen LogP contribution in [0.5, 0.6) is 0 Å². The Hall–Kier alpha value is -1.44. The van der Waals surface area contributed by atoms with E-state index in [0.29, 0.717) is 17.4 Å². The lowest BCUT2D eigenvalue weighted by Gasteiger charge is -2.01. The predicted molar refractivity (Wildman–Crippen MR) is 77.8 cm³/mol. The minimum atomic E-state index is -1.07. The van der Waals surface area contributed by atoms with Crippen molar-refractivity contribution in [1.82, 2.24) is 4.98 Å². The molecule has 2 aromatic heterocycles. The van der Waals surface area contributed by atoms with Crippen LogP contribution in [-0.4, -0.2) is 16.1 Å². The highest BCUT2D eigenvalue weighted by molar-refractivity contribution is 7.14. The van der Waals surface area contributed by atoms with E-state index in [4.69, 9.17) is 10.8 Å². The molecule has 1 atom stereocenters. The van der Waals surface area contributed by atoms with Crippen LogP contribution in [-0.2, 0) is 11.3 Å². The molecule has 1 unspecified atom stereocenters. The molecule has 0 saturated carbocycles. The van der Waals surface area contributed by atoms with Crippen LogP contribution >= 0.6 is 22.7 Å². The lowest BCUT2D eigenvalue weighted by atomic mass is 10.2. The van der Waals surface area contributed by atoms with Gasteiger partial charge >= 0.3 is 5.97 Å². The average Bonchev–Trinajstić information content (AvgIpc) is 2.94. The first-order valence-electron chi connectivity index (χ1n) is 5.71. The molecule has 19 heavy (non-hydrogen) atoms. The van der Waals surface area contributed by atoms with E-state index >= 15 is 0 Å². The molecule has 0 spiro atoms. The third-order valence-corrected chi connectivity index (χ3v) is 4.71. The van der Waals surface area contributed by atoms with Gasteiger partial charge in [0.05, 0.1) is 12.2 Å². The van der Waals surface area contributed by atoms with E-state index in [0.717, 1.165) is 0 Å². The zero-order chi connectivity index (χ0) is 14.0. The first-order chi connectivity index (χ1) is 8.97. The van der Waals surface area contributed by atoms with Crippen molar-refractivity contribution in [1.29, 1.82) is 0 Å². The SMILES string of the molecule is Cc1cc(CNc2nc(C(N)C(=O)O)cs2)sc1C. The molecule has 7 heteroatoms. The van der Waals surface area contributed by atoms with E-state index in [9.17, 15) is 4.79 Å². The van der Waals surface area contributed by atoms with Gasteiger partial charge in [-0.15, -0.1) is 22.7 Å². The molecule has 102 valence electrons. The lowest BCUT2D eigenvalue weighted by molar-refractivity contribution is -0.138. The van der Waals surface area contributed by atoms with Crippen molar-refractivity contribution in [2.24, 2.45) is 5.73 Å². The molecule has 5 nitrogen and oxygen atoms in total. The van der Waals surface area contributed by atoms with Crippen LogP contribution in [0.2, 0.25) is 0 Å². The van der Waals surface area contributed by atoms with E-state index in [1.807, 2.05) is 0 Å². The Bertz CT molecular complexity index is 572. The summed E-state index contributed by atoms with van der Waals surface area (Å²) in [5.74, 6) is -1.07. The molecule has 0 saturated heterocycles. The number of carbonyl (C=O) groups is 1. The number of rotatable bonds is 5. The van der Waals surface area contributed by atoms with Gasteiger partial charge in [-0.05, 0) is 25.5 Å². The van der Waals surface area contributed by atoms with Gasteiger partial charge in [0.25, 0.3) is 0 Å². The summed E-state index contributed by atoms with van der Waals surface area (Å²) in [6.45, 7) is 4.87. The normalized spacial score (nSPS) is 12.4. The summed E-state index contributed by atoms with van der Waals surface area (Å²) in [5, 5.41) is 14.4. The van der Waals surface area contributed by atoms with E-state index < -0.39 is 12.0 Å². The van der Waals surface area contributed by atoms with Crippen molar-refractivity contribution < 1.29 is 9.90 Å². The van der Waals surface area contributed by atoms with Gasteiger partial charge in [-0.25, -0.2) is 4.98 Å². The van der Waals surface area contributed by atoms with Crippen LogP contribution in [0.15, 0.2) is 11.4 Å². The minimum absolute atomic E-state index is 0.388. The Morgan fingerprint density at radius 1 is 1.58 bits per heavy atom. The molecule has 2 heterocycles. The Morgan fingerprint density at radius 2 is 2.32 bits per heavy atom. The number of thiazole rings is 1. The fraction of sp³-hybridized carbons (Fsp3) is 0.333. The number of aryl methyl sites for hydroxylation is 2. The summed E-state index contributed by atoms with van der Waals surface area (Å²) in [7, 11) is 0. The summed E-state index contributed by atoms with van der Waals surface area (Å²) >= 11 is 3.11. The predicted octanol–water partition coefficient (Wildman–Crippen LogP) is 2.52. The van der Waals surface area contributed by atoms with Crippen LogP contribution in [0.1, 0.15) is 27.1 Å². The molecule has 0 fully saturated rings.